The van der Waals surface area contributed by atoms with Crippen LogP contribution < -0.4 is 4.72 Å². The zero-order chi connectivity index (χ0) is 15.6. The SMILES string of the molecule is CCc1ccc(S(=O)(=O)Nc2nc(C)ns2)cc1C(=O)O. The number of sulfonamides is 1. The summed E-state index contributed by atoms with van der Waals surface area (Å²) in [4.78, 5) is 15.0. The van der Waals surface area contributed by atoms with Crippen molar-refractivity contribution >= 4 is 32.7 Å². The van der Waals surface area contributed by atoms with Crippen LogP contribution in [0, 0.1) is 6.92 Å². The van der Waals surface area contributed by atoms with Gasteiger partial charge in [0.05, 0.1) is 10.5 Å². The van der Waals surface area contributed by atoms with Crippen molar-refractivity contribution in [1.82, 2.24) is 9.36 Å². The van der Waals surface area contributed by atoms with E-state index in [4.69, 9.17) is 5.11 Å². The Balaban J connectivity index is 2.40. The van der Waals surface area contributed by atoms with Gasteiger partial charge in [0.15, 0.2) is 0 Å². The van der Waals surface area contributed by atoms with Crippen LogP contribution in [-0.2, 0) is 16.4 Å². The Morgan fingerprint density at radius 3 is 2.67 bits per heavy atom. The fourth-order valence-electron chi connectivity index (χ4n) is 1.74. The van der Waals surface area contributed by atoms with Gasteiger partial charge in [-0.25, -0.2) is 18.2 Å². The van der Waals surface area contributed by atoms with Gasteiger partial charge in [0.1, 0.15) is 5.82 Å². The first-order valence-corrected chi connectivity index (χ1v) is 8.28. The third-order valence-corrected chi connectivity index (χ3v) is 4.94. The second kappa shape index (κ2) is 5.78. The quantitative estimate of drug-likeness (QED) is 0.868. The number of carboxylic acid groups (broad SMARTS) is 1. The van der Waals surface area contributed by atoms with Crippen molar-refractivity contribution in [3.63, 3.8) is 0 Å². The number of carbonyl (C=O) groups is 1. The monoisotopic (exact) mass is 327 g/mol. The zero-order valence-electron chi connectivity index (χ0n) is 11.3. The molecule has 1 aromatic carbocycles. The number of hydrogen-bond donors (Lipinski definition) is 2. The number of carboxylic acids is 1. The van der Waals surface area contributed by atoms with E-state index in [0.717, 1.165) is 17.6 Å². The lowest BCUT2D eigenvalue weighted by molar-refractivity contribution is 0.0695. The average Bonchev–Trinajstić information content (AvgIpc) is 2.82. The van der Waals surface area contributed by atoms with Crippen molar-refractivity contribution in [3.8, 4) is 0 Å². The number of nitrogens with one attached hydrogen (secondary N) is 1. The average molecular weight is 327 g/mol. The summed E-state index contributed by atoms with van der Waals surface area (Å²) in [5, 5.41) is 9.29. The van der Waals surface area contributed by atoms with Crippen LogP contribution in [0.2, 0.25) is 0 Å². The molecule has 112 valence electrons. The first kappa shape index (κ1) is 15.4. The summed E-state index contributed by atoms with van der Waals surface area (Å²) in [6.07, 6.45) is 0.505. The van der Waals surface area contributed by atoms with Crippen LogP contribution in [0.1, 0.15) is 28.7 Å². The van der Waals surface area contributed by atoms with Crippen LogP contribution >= 0.6 is 11.5 Å². The second-order valence-corrected chi connectivity index (χ2v) is 6.66. The van der Waals surface area contributed by atoms with Crippen LogP contribution in [0.5, 0.6) is 0 Å². The molecule has 0 aliphatic heterocycles. The maximum absolute atomic E-state index is 12.2. The van der Waals surface area contributed by atoms with E-state index in [2.05, 4.69) is 14.1 Å². The molecule has 0 saturated heterocycles. The van der Waals surface area contributed by atoms with Crippen molar-refractivity contribution in [2.75, 3.05) is 4.72 Å². The van der Waals surface area contributed by atoms with Gasteiger partial charge < -0.3 is 5.11 Å². The Morgan fingerprint density at radius 1 is 1.43 bits per heavy atom. The molecule has 0 unspecified atom stereocenters. The predicted molar refractivity (Wildman–Crippen MR) is 78.2 cm³/mol. The number of aromatic carboxylic acids is 1. The minimum Gasteiger partial charge on any atom is -0.478 e. The molecule has 0 saturated carbocycles. The highest BCUT2D eigenvalue weighted by atomic mass is 32.2. The van der Waals surface area contributed by atoms with Crippen molar-refractivity contribution in [2.24, 2.45) is 0 Å². The van der Waals surface area contributed by atoms with Gasteiger partial charge in [-0.1, -0.05) is 13.0 Å². The molecule has 0 spiro atoms. The fraction of sp³-hybridized carbons (Fsp3) is 0.250. The number of aryl methyl sites for hydroxylation is 2. The Morgan fingerprint density at radius 2 is 2.14 bits per heavy atom. The van der Waals surface area contributed by atoms with E-state index in [0.29, 0.717) is 17.8 Å². The summed E-state index contributed by atoms with van der Waals surface area (Å²) in [7, 11) is -3.89. The van der Waals surface area contributed by atoms with E-state index in [1.165, 1.54) is 12.1 Å². The third kappa shape index (κ3) is 3.37. The summed E-state index contributed by atoms with van der Waals surface area (Å²) in [5.41, 5.74) is 0.557. The Hall–Kier alpha value is -2.00. The Labute approximate surface area is 125 Å². The lowest BCUT2D eigenvalue weighted by atomic mass is 10.1. The van der Waals surface area contributed by atoms with Gasteiger partial charge >= 0.3 is 5.97 Å². The van der Waals surface area contributed by atoms with Gasteiger partial charge in [-0.3, -0.25) is 4.72 Å². The van der Waals surface area contributed by atoms with Gasteiger partial charge in [-0.15, -0.1) is 0 Å². The number of anilines is 1. The molecule has 2 N–H and O–H groups in total. The summed E-state index contributed by atoms with van der Waals surface area (Å²) in [5.74, 6) is -0.694. The highest BCUT2D eigenvalue weighted by Gasteiger charge is 2.19. The Bertz CT molecular complexity index is 784. The van der Waals surface area contributed by atoms with Crippen molar-refractivity contribution < 1.29 is 18.3 Å². The molecule has 0 radical (unpaired) electrons. The normalized spacial score (nSPS) is 11.3. The first-order valence-electron chi connectivity index (χ1n) is 6.03. The lowest BCUT2D eigenvalue weighted by Crippen LogP contribution is -2.14. The number of hydrogen-bond acceptors (Lipinski definition) is 6. The molecule has 0 aliphatic rings. The van der Waals surface area contributed by atoms with Gasteiger partial charge in [0.2, 0.25) is 5.13 Å². The minimum atomic E-state index is -3.89. The fourth-order valence-corrected chi connectivity index (χ4v) is 3.57. The number of nitrogens with zero attached hydrogens (tertiary/aromatic N) is 2. The predicted octanol–water partition coefficient (Wildman–Crippen LogP) is 1.91. The molecule has 0 fully saturated rings. The molecule has 2 rings (SSSR count). The molecule has 7 nitrogen and oxygen atoms in total. The largest absolute Gasteiger partial charge is 0.478 e. The van der Waals surface area contributed by atoms with Crippen LogP contribution in [0.15, 0.2) is 23.1 Å². The second-order valence-electron chi connectivity index (χ2n) is 4.23. The van der Waals surface area contributed by atoms with E-state index >= 15 is 0 Å². The van der Waals surface area contributed by atoms with Gasteiger partial charge in [0, 0.05) is 11.5 Å². The summed E-state index contributed by atoms with van der Waals surface area (Å²) in [6.45, 7) is 3.45. The molecule has 1 heterocycles. The van der Waals surface area contributed by atoms with Crippen molar-refractivity contribution in [1.29, 1.82) is 0 Å². The maximum atomic E-state index is 12.2. The van der Waals surface area contributed by atoms with E-state index in [9.17, 15) is 13.2 Å². The van der Waals surface area contributed by atoms with E-state index in [-0.39, 0.29) is 15.6 Å². The van der Waals surface area contributed by atoms with Crippen LogP contribution in [0.25, 0.3) is 0 Å². The smallest absolute Gasteiger partial charge is 0.336 e. The number of benzene rings is 1. The van der Waals surface area contributed by atoms with Gasteiger partial charge in [-0.2, -0.15) is 4.37 Å². The number of rotatable bonds is 5. The van der Waals surface area contributed by atoms with Crippen molar-refractivity contribution in [2.45, 2.75) is 25.2 Å². The molecule has 9 heteroatoms. The third-order valence-electron chi connectivity index (χ3n) is 2.75. The molecule has 0 aliphatic carbocycles. The molecule has 1 aromatic heterocycles. The zero-order valence-corrected chi connectivity index (χ0v) is 13.0. The highest BCUT2D eigenvalue weighted by molar-refractivity contribution is 7.93. The summed E-state index contributed by atoms with van der Waals surface area (Å²) in [6, 6.07) is 4.03. The van der Waals surface area contributed by atoms with Gasteiger partial charge in [0.25, 0.3) is 10.0 Å². The van der Waals surface area contributed by atoms with Crippen LogP contribution in [-0.4, -0.2) is 28.9 Å². The lowest BCUT2D eigenvalue weighted by Gasteiger charge is -2.08. The van der Waals surface area contributed by atoms with E-state index < -0.39 is 16.0 Å². The van der Waals surface area contributed by atoms with E-state index in [1.807, 2.05) is 0 Å². The standard InChI is InChI=1S/C12H13N3O4S2/c1-3-8-4-5-9(6-10(8)11(16)17)21(18,19)15-12-13-7(2)14-20-12/h4-6H,3H2,1-2H3,(H,16,17)(H,13,14,15). The van der Waals surface area contributed by atoms with E-state index in [1.54, 1.807) is 13.8 Å². The van der Waals surface area contributed by atoms with Crippen molar-refractivity contribution in [3.05, 3.63) is 35.2 Å². The summed E-state index contributed by atoms with van der Waals surface area (Å²) < 4.78 is 30.6. The Kier molecular flexibility index (Phi) is 4.24. The van der Waals surface area contributed by atoms with Crippen LogP contribution in [0.3, 0.4) is 0 Å². The molecule has 21 heavy (non-hydrogen) atoms. The minimum absolute atomic E-state index is 0.0196. The summed E-state index contributed by atoms with van der Waals surface area (Å²) >= 11 is 0.922. The molecular weight excluding hydrogens is 314 g/mol. The maximum Gasteiger partial charge on any atom is 0.336 e. The van der Waals surface area contributed by atoms with Gasteiger partial charge in [-0.05, 0) is 31.0 Å². The first-order chi connectivity index (χ1) is 9.83. The molecule has 0 amide bonds. The topological polar surface area (TPSA) is 109 Å². The van der Waals surface area contributed by atoms with Crippen LogP contribution in [0.4, 0.5) is 5.13 Å². The number of aromatic nitrogens is 2. The molecule has 2 aromatic rings. The molecule has 0 bridgehead atoms. The highest BCUT2D eigenvalue weighted by Crippen LogP contribution is 2.21. The molecule has 0 atom stereocenters. The molecular formula is C12H13N3O4S2.